The Labute approximate surface area is 180 Å². The number of hydrogen-bond donors (Lipinski definition) is 2. The maximum atomic E-state index is 12.1. The number of fused-ring (bicyclic) bond motifs is 3. The van der Waals surface area contributed by atoms with Crippen LogP contribution >= 0.6 is 0 Å². The van der Waals surface area contributed by atoms with Gasteiger partial charge in [-0.2, -0.15) is 0 Å². The first kappa shape index (κ1) is 19.6. The number of aryl methyl sites for hydroxylation is 1. The molecule has 1 fully saturated rings. The molecular formula is C24H25N5O2. The van der Waals surface area contributed by atoms with Crippen molar-refractivity contribution in [3.63, 3.8) is 0 Å². The van der Waals surface area contributed by atoms with Gasteiger partial charge in [0.05, 0.1) is 17.3 Å². The number of aliphatic hydroxyl groups is 1. The number of anilines is 1. The fourth-order valence-electron chi connectivity index (χ4n) is 4.00. The molecule has 0 spiro atoms. The molecule has 0 unspecified atom stereocenters. The van der Waals surface area contributed by atoms with Crippen LogP contribution in [0.4, 0.5) is 5.82 Å². The topological polar surface area (TPSA) is 92.4 Å². The van der Waals surface area contributed by atoms with Crippen molar-refractivity contribution in [1.29, 1.82) is 0 Å². The van der Waals surface area contributed by atoms with Crippen LogP contribution in [0.5, 0.6) is 0 Å². The standard InChI is InChI=1S/C24H25N5O2/c1-3-4-21(30)19-9-14(2)18(13-26-19)17-10-16-12-27-22(28-24(31)15-5-6-15)11-20(16)29-8-7-25-23(17)29/h7-13,15,21,30H,3-6H2,1-2H3,(H,27,28,31)/t21-/m0/s1. The Morgan fingerprint density at radius 3 is 2.77 bits per heavy atom. The summed E-state index contributed by atoms with van der Waals surface area (Å²) in [4.78, 5) is 25.7. The molecule has 1 amide bonds. The zero-order valence-corrected chi connectivity index (χ0v) is 17.7. The molecule has 31 heavy (non-hydrogen) atoms. The highest BCUT2D eigenvalue weighted by Crippen LogP contribution is 2.33. The lowest BCUT2D eigenvalue weighted by atomic mass is 10.00. The maximum Gasteiger partial charge on any atom is 0.228 e. The molecule has 1 aliphatic carbocycles. The monoisotopic (exact) mass is 415 g/mol. The second-order valence-electron chi connectivity index (χ2n) is 8.30. The Morgan fingerprint density at radius 2 is 2.03 bits per heavy atom. The summed E-state index contributed by atoms with van der Waals surface area (Å²) in [6, 6.07) is 5.90. The van der Waals surface area contributed by atoms with E-state index in [9.17, 15) is 9.90 Å². The number of amides is 1. The summed E-state index contributed by atoms with van der Waals surface area (Å²) in [5.74, 6) is 0.721. The summed E-state index contributed by atoms with van der Waals surface area (Å²) in [5, 5.41) is 14.2. The zero-order valence-electron chi connectivity index (χ0n) is 17.7. The van der Waals surface area contributed by atoms with E-state index in [1.165, 1.54) is 0 Å². The number of nitrogens with zero attached hydrogens (tertiary/aromatic N) is 4. The van der Waals surface area contributed by atoms with Crippen molar-refractivity contribution in [2.24, 2.45) is 5.92 Å². The SMILES string of the molecule is CCC[C@H](O)c1cc(C)c(-c2cc3cnc(NC(=O)C4CC4)cc3n3ccnc23)cn1. The minimum Gasteiger partial charge on any atom is -0.387 e. The average Bonchev–Trinajstić information content (AvgIpc) is 3.50. The summed E-state index contributed by atoms with van der Waals surface area (Å²) in [6.07, 6.45) is 10.2. The highest BCUT2D eigenvalue weighted by atomic mass is 16.3. The van der Waals surface area contributed by atoms with E-state index in [4.69, 9.17) is 0 Å². The average molecular weight is 415 g/mol. The molecule has 0 radical (unpaired) electrons. The Balaban J connectivity index is 1.58. The highest BCUT2D eigenvalue weighted by molar-refractivity contribution is 5.96. The summed E-state index contributed by atoms with van der Waals surface area (Å²) in [7, 11) is 0. The van der Waals surface area contributed by atoms with Crippen molar-refractivity contribution in [1.82, 2.24) is 19.4 Å². The van der Waals surface area contributed by atoms with Gasteiger partial charge in [-0.15, -0.1) is 0 Å². The third kappa shape index (κ3) is 3.65. The van der Waals surface area contributed by atoms with E-state index in [0.29, 0.717) is 17.9 Å². The van der Waals surface area contributed by atoms with Crippen molar-refractivity contribution >= 4 is 28.3 Å². The van der Waals surface area contributed by atoms with Crippen LogP contribution in [0.3, 0.4) is 0 Å². The first-order valence-corrected chi connectivity index (χ1v) is 10.8. The lowest BCUT2D eigenvalue weighted by molar-refractivity contribution is -0.117. The molecular weight excluding hydrogens is 390 g/mol. The smallest absolute Gasteiger partial charge is 0.228 e. The van der Waals surface area contributed by atoms with Gasteiger partial charge in [-0.05, 0) is 43.9 Å². The van der Waals surface area contributed by atoms with Crippen LogP contribution in [0, 0.1) is 12.8 Å². The lowest BCUT2D eigenvalue weighted by Gasteiger charge is -2.14. The molecule has 5 rings (SSSR count). The van der Waals surface area contributed by atoms with Crippen LogP contribution in [0.25, 0.3) is 27.7 Å². The van der Waals surface area contributed by atoms with Gasteiger partial charge in [-0.25, -0.2) is 9.97 Å². The second kappa shape index (κ2) is 7.74. The van der Waals surface area contributed by atoms with Gasteiger partial charge in [0.15, 0.2) is 0 Å². The molecule has 158 valence electrons. The van der Waals surface area contributed by atoms with Crippen molar-refractivity contribution in [3.05, 3.63) is 54.2 Å². The number of aliphatic hydroxyl groups excluding tert-OH is 1. The van der Waals surface area contributed by atoms with Gasteiger partial charge in [0.1, 0.15) is 11.5 Å². The van der Waals surface area contributed by atoms with E-state index in [0.717, 1.165) is 52.5 Å². The van der Waals surface area contributed by atoms with E-state index in [-0.39, 0.29) is 11.8 Å². The van der Waals surface area contributed by atoms with Crippen LogP contribution in [-0.2, 0) is 4.79 Å². The molecule has 1 saturated carbocycles. The van der Waals surface area contributed by atoms with Crippen LogP contribution < -0.4 is 5.32 Å². The number of nitrogens with one attached hydrogen (secondary N) is 1. The summed E-state index contributed by atoms with van der Waals surface area (Å²) < 4.78 is 2.01. The normalized spacial score (nSPS) is 14.8. The fraction of sp³-hybridized carbons (Fsp3) is 0.333. The van der Waals surface area contributed by atoms with E-state index in [2.05, 4.69) is 26.3 Å². The lowest BCUT2D eigenvalue weighted by Crippen LogP contribution is -2.14. The van der Waals surface area contributed by atoms with Gasteiger partial charge in [0.2, 0.25) is 5.91 Å². The van der Waals surface area contributed by atoms with Crippen LogP contribution in [-0.4, -0.2) is 30.4 Å². The molecule has 0 saturated heterocycles. The Hall–Kier alpha value is -3.32. The number of rotatable bonds is 6. The minimum absolute atomic E-state index is 0.0393. The van der Waals surface area contributed by atoms with Gasteiger partial charge in [-0.3, -0.25) is 14.2 Å². The molecule has 1 aliphatic rings. The zero-order chi connectivity index (χ0) is 21.5. The second-order valence-corrected chi connectivity index (χ2v) is 8.30. The molecule has 0 aliphatic heterocycles. The Kier molecular flexibility index (Phi) is 4.90. The van der Waals surface area contributed by atoms with Crippen molar-refractivity contribution in [3.8, 4) is 11.1 Å². The van der Waals surface area contributed by atoms with Gasteiger partial charge in [0.25, 0.3) is 0 Å². The van der Waals surface area contributed by atoms with E-state index in [1.807, 2.05) is 42.8 Å². The molecule has 4 aromatic rings. The maximum absolute atomic E-state index is 12.1. The largest absolute Gasteiger partial charge is 0.387 e. The molecule has 0 bridgehead atoms. The van der Waals surface area contributed by atoms with Gasteiger partial charge in [-0.1, -0.05) is 13.3 Å². The molecule has 0 aromatic carbocycles. The summed E-state index contributed by atoms with van der Waals surface area (Å²) >= 11 is 0. The first-order chi connectivity index (χ1) is 15.0. The van der Waals surface area contributed by atoms with Crippen molar-refractivity contribution in [2.45, 2.75) is 45.6 Å². The van der Waals surface area contributed by atoms with Crippen molar-refractivity contribution < 1.29 is 9.90 Å². The highest BCUT2D eigenvalue weighted by Gasteiger charge is 2.29. The molecule has 4 heterocycles. The predicted molar refractivity (Wildman–Crippen MR) is 120 cm³/mol. The number of carbonyl (C=O) groups excluding carboxylic acids is 1. The first-order valence-electron chi connectivity index (χ1n) is 10.8. The quantitative estimate of drug-likeness (QED) is 0.486. The number of imidazole rings is 1. The molecule has 7 nitrogen and oxygen atoms in total. The minimum atomic E-state index is -0.547. The number of aromatic nitrogens is 4. The Morgan fingerprint density at radius 1 is 1.19 bits per heavy atom. The van der Waals surface area contributed by atoms with Crippen LogP contribution in [0.1, 0.15) is 50.0 Å². The van der Waals surface area contributed by atoms with Gasteiger partial charge in [0, 0.05) is 53.3 Å². The number of carbonyl (C=O) groups is 1. The van der Waals surface area contributed by atoms with Gasteiger partial charge < -0.3 is 10.4 Å². The Bertz CT molecular complexity index is 1290. The van der Waals surface area contributed by atoms with Crippen LogP contribution in [0.2, 0.25) is 0 Å². The number of hydrogen-bond acceptors (Lipinski definition) is 5. The third-order valence-electron chi connectivity index (χ3n) is 5.88. The molecule has 7 heteroatoms. The third-order valence-corrected chi connectivity index (χ3v) is 5.88. The van der Waals surface area contributed by atoms with E-state index < -0.39 is 6.10 Å². The molecule has 4 aromatic heterocycles. The summed E-state index contributed by atoms with van der Waals surface area (Å²) in [5.41, 5.74) is 5.39. The summed E-state index contributed by atoms with van der Waals surface area (Å²) in [6.45, 7) is 4.07. The van der Waals surface area contributed by atoms with Gasteiger partial charge >= 0.3 is 0 Å². The van der Waals surface area contributed by atoms with E-state index >= 15 is 0 Å². The molecule has 2 N–H and O–H groups in total. The van der Waals surface area contributed by atoms with E-state index in [1.54, 1.807) is 12.4 Å². The van der Waals surface area contributed by atoms with Crippen LogP contribution in [0.15, 0.2) is 43.0 Å². The van der Waals surface area contributed by atoms with Crippen molar-refractivity contribution in [2.75, 3.05) is 5.32 Å². The fourth-order valence-corrected chi connectivity index (χ4v) is 4.00. The molecule has 1 atom stereocenters. The predicted octanol–water partition coefficient (Wildman–Crippen LogP) is 4.43. The number of pyridine rings is 3.